The van der Waals surface area contributed by atoms with Crippen LogP contribution in [0.3, 0.4) is 0 Å². The van der Waals surface area contributed by atoms with Gasteiger partial charge in [0.1, 0.15) is 0 Å². The number of benzene rings is 1. The van der Waals surface area contributed by atoms with Crippen molar-refractivity contribution in [2.75, 3.05) is 31.8 Å². The number of carbonyl (C=O) groups is 1. The number of hydrogen-bond donors (Lipinski definition) is 0. The van der Waals surface area contributed by atoms with Crippen molar-refractivity contribution in [3.63, 3.8) is 0 Å². The predicted molar refractivity (Wildman–Crippen MR) is 119 cm³/mol. The van der Waals surface area contributed by atoms with E-state index in [0.29, 0.717) is 18.3 Å². The lowest BCUT2D eigenvalue weighted by atomic mass is 10.2. The molecule has 2 heterocycles. The lowest BCUT2D eigenvalue weighted by molar-refractivity contribution is -0.127. The highest BCUT2D eigenvalue weighted by Crippen LogP contribution is 2.41. The first-order valence-electron chi connectivity index (χ1n) is 10.0. The zero-order valence-electron chi connectivity index (χ0n) is 17.5. The van der Waals surface area contributed by atoms with Gasteiger partial charge in [0.05, 0.1) is 5.75 Å². The Labute approximate surface area is 181 Å². The molecule has 0 N–H and O–H groups in total. The van der Waals surface area contributed by atoms with Gasteiger partial charge in [-0.3, -0.25) is 14.3 Å². The summed E-state index contributed by atoms with van der Waals surface area (Å²) in [5.74, 6) is 1.27. The molecule has 4 rings (SSSR count). The first-order valence-corrected chi connectivity index (χ1v) is 11.0. The van der Waals surface area contributed by atoms with E-state index in [1.807, 2.05) is 33.3 Å². The smallest absolute Gasteiger partial charge is 0.233 e. The minimum atomic E-state index is 0.0764. The lowest BCUT2D eigenvalue weighted by Crippen LogP contribution is -2.28. The number of aromatic nitrogens is 4. The average molecular weight is 423 g/mol. The van der Waals surface area contributed by atoms with Gasteiger partial charge in [0.15, 0.2) is 11.0 Å². The maximum absolute atomic E-state index is 12.7. The van der Waals surface area contributed by atoms with Crippen molar-refractivity contribution in [3.8, 4) is 11.4 Å². The van der Waals surface area contributed by atoms with Crippen LogP contribution < -0.4 is 4.90 Å². The summed E-state index contributed by atoms with van der Waals surface area (Å²) >= 11 is 1.46. The molecule has 2 aromatic heterocycles. The van der Waals surface area contributed by atoms with Gasteiger partial charge < -0.3 is 9.80 Å². The van der Waals surface area contributed by atoms with Gasteiger partial charge >= 0.3 is 0 Å². The molecule has 1 aromatic carbocycles. The summed E-state index contributed by atoms with van der Waals surface area (Å²) < 4.78 is 2.17. The summed E-state index contributed by atoms with van der Waals surface area (Å²) in [6.45, 7) is 0.588. The fourth-order valence-corrected chi connectivity index (χ4v) is 4.18. The first-order chi connectivity index (χ1) is 14.5. The zero-order chi connectivity index (χ0) is 21.1. The van der Waals surface area contributed by atoms with E-state index in [9.17, 15) is 4.79 Å². The highest BCUT2D eigenvalue weighted by atomic mass is 32.2. The molecule has 1 saturated carbocycles. The van der Waals surface area contributed by atoms with E-state index >= 15 is 0 Å². The number of nitrogens with zero attached hydrogens (tertiary/aromatic N) is 6. The number of amides is 1. The van der Waals surface area contributed by atoms with E-state index in [1.165, 1.54) is 11.8 Å². The molecule has 0 bridgehead atoms. The van der Waals surface area contributed by atoms with Crippen molar-refractivity contribution in [2.24, 2.45) is 0 Å². The van der Waals surface area contributed by atoms with E-state index in [-0.39, 0.29) is 5.91 Å². The molecule has 0 saturated heterocycles. The van der Waals surface area contributed by atoms with Crippen LogP contribution in [0.25, 0.3) is 11.4 Å². The molecule has 0 unspecified atom stereocenters. The van der Waals surface area contributed by atoms with Crippen LogP contribution in [-0.4, -0.2) is 57.5 Å². The SMILES string of the molecule is CN(Cc1ccc(N(C)C)cc1)C(=O)CSc1nnc(-c2ccncc2)n1C1CC1. The highest BCUT2D eigenvalue weighted by Gasteiger charge is 2.30. The Morgan fingerprint density at radius 1 is 1.07 bits per heavy atom. The Morgan fingerprint density at radius 2 is 1.77 bits per heavy atom. The second-order valence-electron chi connectivity index (χ2n) is 7.74. The second-order valence-corrected chi connectivity index (χ2v) is 8.69. The van der Waals surface area contributed by atoms with Gasteiger partial charge in [-0.2, -0.15) is 0 Å². The summed E-state index contributed by atoms with van der Waals surface area (Å²) in [4.78, 5) is 20.6. The van der Waals surface area contributed by atoms with Gasteiger partial charge in [0.25, 0.3) is 0 Å². The first kappa shape index (κ1) is 20.4. The quantitative estimate of drug-likeness (QED) is 0.518. The van der Waals surface area contributed by atoms with Crippen molar-refractivity contribution >= 4 is 23.4 Å². The third kappa shape index (κ3) is 4.64. The van der Waals surface area contributed by atoms with E-state index in [0.717, 1.165) is 40.6 Å². The van der Waals surface area contributed by atoms with Crippen LogP contribution in [0.15, 0.2) is 53.9 Å². The molecule has 30 heavy (non-hydrogen) atoms. The summed E-state index contributed by atoms with van der Waals surface area (Å²) in [6, 6.07) is 12.6. The maximum Gasteiger partial charge on any atom is 0.233 e. The van der Waals surface area contributed by atoms with Crippen LogP contribution in [0.1, 0.15) is 24.4 Å². The molecule has 1 amide bonds. The molecule has 1 aliphatic rings. The summed E-state index contributed by atoms with van der Waals surface area (Å²) in [7, 11) is 5.88. The van der Waals surface area contributed by atoms with Crippen molar-refractivity contribution in [1.82, 2.24) is 24.6 Å². The van der Waals surface area contributed by atoms with Crippen molar-refractivity contribution in [2.45, 2.75) is 30.6 Å². The van der Waals surface area contributed by atoms with E-state index < -0.39 is 0 Å². The maximum atomic E-state index is 12.7. The minimum Gasteiger partial charge on any atom is -0.378 e. The third-order valence-electron chi connectivity index (χ3n) is 5.14. The second kappa shape index (κ2) is 8.87. The molecule has 1 aliphatic carbocycles. The number of anilines is 1. The fraction of sp³-hybridized carbons (Fsp3) is 0.364. The van der Waals surface area contributed by atoms with Gasteiger partial charge in [-0.25, -0.2) is 0 Å². The lowest BCUT2D eigenvalue weighted by Gasteiger charge is -2.18. The topological polar surface area (TPSA) is 67.2 Å². The Bertz CT molecular complexity index is 998. The standard InChI is InChI=1S/C22H26N6OS/c1-26(2)18-6-4-16(5-7-18)14-27(3)20(29)15-30-22-25-24-21(28(22)19-8-9-19)17-10-12-23-13-11-17/h4-7,10-13,19H,8-9,14-15H2,1-3H3. The van der Waals surface area contributed by atoms with Crippen molar-refractivity contribution in [1.29, 1.82) is 0 Å². The Hall–Kier alpha value is -2.87. The van der Waals surface area contributed by atoms with Gasteiger partial charge in [-0.05, 0) is 42.7 Å². The molecule has 156 valence electrons. The average Bonchev–Trinajstić information content (AvgIpc) is 3.51. The molecular formula is C22H26N6OS. The van der Waals surface area contributed by atoms with Crippen LogP contribution >= 0.6 is 11.8 Å². The number of pyridine rings is 1. The van der Waals surface area contributed by atoms with Crippen LogP contribution in [0.2, 0.25) is 0 Å². The monoisotopic (exact) mass is 422 g/mol. The summed E-state index contributed by atoms with van der Waals surface area (Å²) in [5.41, 5.74) is 3.26. The van der Waals surface area contributed by atoms with Crippen molar-refractivity contribution in [3.05, 3.63) is 54.4 Å². The molecule has 0 radical (unpaired) electrons. The summed E-state index contributed by atoms with van der Waals surface area (Å²) in [6.07, 6.45) is 5.77. The van der Waals surface area contributed by atoms with E-state index in [4.69, 9.17) is 0 Å². The van der Waals surface area contributed by atoms with Gasteiger partial charge in [-0.15, -0.1) is 10.2 Å². The fourth-order valence-electron chi connectivity index (χ4n) is 3.23. The predicted octanol–water partition coefficient (Wildman–Crippen LogP) is 3.49. The number of thioether (sulfide) groups is 1. The molecule has 3 aromatic rings. The van der Waals surface area contributed by atoms with Crippen LogP contribution in [0.5, 0.6) is 0 Å². The summed E-state index contributed by atoms with van der Waals surface area (Å²) in [5, 5.41) is 9.58. The number of carbonyl (C=O) groups excluding carboxylic acids is 1. The third-order valence-corrected chi connectivity index (χ3v) is 6.07. The van der Waals surface area contributed by atoms with Gasteiger partial charge in [0, 0.05) is 57.4 Å². The Kier molecular flexibility index (Phi) is 6.03. The molecule has 7 nitrogen and oxygen atoms in total. The van der Waals surface area contributed by atoms with Crippen LogP contribution in [-0.2, 0) is 11.3 Å². The van der Waals surface area contributed by atoms with Crippen LogP contribution in [0.4, 0.5) is 5.69 Å². The number of hydrogen-bond acceptors (Lipinski definition) is 6. The normalized spacial score (nSPS) is 13.3. The molecule has 0 atom stereocenters. The Balaban J connectivity index is 1.39. The van der Waals surface area contributed by atoms with E-state index in [1.54, 1.807) is 17.3 Å². The van der Waals surface area contributed by atoms with Crippen molar-refractivity contribution < 1.29 is 4.79 Å². The van der Waals surface area contributed by atoms with Gasteiger partial charge in [-0.1, -0.05) is 23.9 Å². The number of rotatable bonds is 8. The molecular weight excluding hydrogens is 396 g/mol. The highest BCUT2D eigenvalue weighted by molar-refractivity contribution is 7.99. The Morgan fingerprint density at radius 3 is 2.40 bits per heavy atom. The van der Waals surface area contributed by atoms with E-state index in [2.05, 4.69) is 48.9 Å². The molecule has 1 fully saturated rings. The molecule has 8 heteroatoms. The van der Waals surface area contributed by atoms with Gasteiger partial charge in [0.2, 0.25) is 5.91 Å². The molecule has 0 aliphatic heterocycles. The zero-order valence-corrected chi connectivity index (χ0v) is 18.3. The molecule has 0 spiro atoms. The van der Waals surface area contributed by atoms with Crippen LogP contribution in [0, 0.1) is 0 Å². The minimum absolute atomic E-state index is 0.0764. The largest absolute Gasteiger partial charge is 0.378 e.